The van der Waals surface area contributed by atoms with Gasteiger partial charge in [0.15, 0.2) is 0 Å². The van der Waals surface area contributed by atoms with Crippen LogP contribution in [-0.2, 0) is 6.18 Å². The molecule has 2 aromatic rings. The van der Waals surface area contributed by atoms with Crippen LogP contribution in [0.2, 0.25) is 0 Å². The van der Waals surface area contributed by atoms with E-state index in [0.717, 1.165) is 12.1 Å². The normalized spacial score (nSPS) is 11.9. The summed E-state index contributed by atoms with van der Waals surface area (Å²) in [4.78, 5) is 3.41. The summed E-state index contributed by atoms with van der Waals surface area (Å²) in [6, 6.07) is 3.56. The van der Waals surface area contributed by atoms with E-state index in [1.165, 1.54) is 6.07 Å². The van der Waals surface area contributed by atoms with Crippen LogP contribution >= 0.6 is 0 Å². The van der Waals surface area contributed by atoms with Gasteiger partial charge in [-0.2, -0.15) is 13.2 Å². The molecule has 2 nitrogen and oxygen atoms in total. The minimum absolute atomic E-state index is 0.247. The Morgan fingerprint density at radius 3 is 2.53 bits per heavy atom. The Balaban J connectivity index is 2.83. The summed E-state index contributed by atoms with van der Waals surface area (Å²) >= 11 is 0. The van der Waals surface area contributed by atoms with Crippen LogP contribution in [0.25, 0.3) is 10.9 Å². The fraction of sp³-hybridized carbons (Fsp3) is 0.308. The quantitative estimate of drug-likeness (QED) is 0.831. The fourth-order valence-corrected chi connectivity index (χ4v) is 1.95. The largest absolute Gasteiger partial charge is 0.433 e. The number of nitrogens with zero attached hydrogens (tertiary/aromatic N) is 1. The third-order valence-corrected chi connectivity index (χ3v) is 2.78. The molecular weight excluding hydrogens is 260 g/mol. The number of hydrogen-bond donors (Lipinski definition) is 1. The van der Waals surface area contributed by atoms with Gasteiger partial charge in [0.05, 0.1) is 0 Å². The molecule has 2 rings (SSSR count). The van der Waals surface area contributed by atoms with Crippen LogP contribution in [0, 0.1) is 12.7 Å². The lowest BCUT2D eigenvalue weighted by Crippen LogP contribution is -2.11. The van der Waals surface area contributed by atoms with E-state index in [9.17, 15) is 17.6 Å². The number of aryl methyl sites for hydroxylation is 1. The molecule has 0 unspecified atom stereocenters. The Labute approximate surface area is 107 Å². The minimum Gasteiger partial charge on any atom is -0.385 e. The van der Waals surface area contributed by atoms with E-state index in [-0.39, 0.29) is 11.2 Å². The van der Waals surface area contributed by atoms with Gasteiger partial charge in [0.25, 0.3) is 0 Å². The lowest BCUT2D eigenvalue weighted by molar-refractivity contribution is -0.140. The number of benzene rings is 1. The standard InChI is InChI=1S/C13H12F4N2/c1-3-18-9-6-10(13(15,16)17)19-12-8(14)5-4-7(2)11(9)12/h4-6H,3H2,1-2H3,(H,18,19). The Bertz CT molecular complexity index is 620. The topological polar surface area (TPSA) is 24.9 Å². The number of alkyl halides is 3. The predicted molar refractivity (Wildman–Crippen MR) is 65.6 cm³/mol. The first-order chi connectivity index (χ1) is 8.84. The van der Waals surface area contributed by atoms with E-state index in [1.807, 2.05) is 0 Å². The zero-order valence-corrected chi connectivity index (χ0v) is 10.4. The highest BCUT2D eigenvalue weighted by Gasteiger charge is 2.33. The van der Waals surface area contributed by atoms with Crippen LogP contribution < -0.4 is 5.32 Å². The maximum atomic E-state index is 13.7. The maximum Gasteiger partial charge on any atom is 0.433 e. The number of pyridine rings is 1. The highest BCUT2D eigenvalue weighted by molar-refractivity contribution is 5.94. The molecule has 0 aliphatic heterocycles. The van der Waals surface area contributed by atoms with Crippen molar-refractivity contribution < 1.29 is 17.6 Å². The molecular formula is C13H12F4N2. The van der Waals surface area contributed by atoms with Crippen molar-refractivity contribution in [2.24, 2.45) is 0 Å². The van der Waals surface area contributed by atoms with Crippen molar-refractivity contribution in [3.8, 4) is 0 Å². The minimum atomic E-state index is -4.60. The second-order valence-electron chi connectivity index (χ2n) is 4.17. The van der Waals surface area contributed by atoms with Crippen molar-refractivity contribution in [3.63, 3.8) is 0 Å². The van der Waals surface area contributed by atoms with E-state index < -0.39 is 17.7 Å². The summed E-state index contributed by atoms with van der Waals surface area (Å²) in [5, 5.41) is 3.21. The molecule has 0 saturated heterocycles. The van der Waals surface area contributed by atoms with Crippen LogP contribution in [0.3, 0.4) is 0 Å². The van der Waals surface area contributed by atoms with Crippen molar-refractivity contribution in [3.05, 3.63) is 35.3 Å². The number of rotatable bonds is 2. The first kappa shape index (κ1) is 13.6. The zero-order valence-electron chi connectivity index (χ0n) is 10.4. The zero-order chi connectivity index (χ0) is 14.2. The first-order valence-corrected chi connectivity index (χ1v) is 5.75. The average Bonchev–Trinajstić information content (AvgIpc) is 2.33. The Morgan fingerprint density at radius 2 is 1.95 bits per heavy atom. The summed E-state index contributed by atoms with van der Waals surface area (Å²) in [6.07, 6.45) is -4.60. The summed E-state index contributed by atoms with van der Waals surface area (Å²) in [7, 11) is 0. The van der Waals surface area contributed by atoms with E-state index in [4.69, 9.17) is 0 Å². The fourth-order valence-electron chi connectivity index (χ4n) is 1.95. The summed E-state index contributed by atoms with van der Waals surface area (Å²) in [5.74, 6) is -0.758. The third kappa shape index (κ3) is 2.47. The van der Waals surface area contributed by atoms with Crippen molar-refractivity contribution in [2.75, 3.05) is 11.9 Å². The Morgan fingerprint density at radius 1 is 1.26 bits per heavy atom. The van der Waals surface area contributed by atoms with Gasteiger partial charge in [-0.25, -0.2) is 9.37 Å². The lowest BCUT2D eigenvalue weighted by Gasteiger charge is -2.14. The van der Waals surface area contributed by atoms with Crippen LogP contribution in [0.5, 0.6) is 0 Å². The molecule has 102 valence electrons. The highest BCUT2D eigenvalue weighted by Crippen LogP contribution is 2.35. The van der Waals surface area contributed by atoms with E-state index in [0.29, 0.717) is 17.5 Å². The number of nitrogens with one attached hydrogen (secondary N) is 1. The van der Waals surface area contributed by atoms with E-state index in [2.05, 4.69) is 10.3 Å². The third-order valence-electron chi connectivity index (χ3n) is 2.78. The second kappa shape index (κ2) is 4.68. The van der Waals surface area contributed by atoms with Crippen molar-refractivity contribution in [1.82, 2.24) is 4.98 Å². The van der Waals surface area contributed by atoms with Crippen molar-refractivity contribution in [2.45, 2.75) is 20.0 Å². The van der Waals surface area contributed by atoms with Gasteiger partial charge in [-0.15, -0.1) is 0 Å². The molecule has 0 fully saturated rings. The summed E-state index contributed by atoms with van der Waals surface area (Å²) < 4.78 is 52.0. The first-order valence-electron chi connectivity index (χ1n) is 5.75. The number of anilines is 1. The van der Waals surface area contributed by atoms with Gasteiger partial charge in [0.2, 0.25) is 0 Å². The van der Waals surface area contributed by atoms with Crippen LogP contribution in [0.4, 0.5) is 23.2 Å². The molecule has 0 aliphatic carbocycles. The van der Waals surface area contributed by atoms with Crippen LogP contribution in [0.1, 0.15) is 18.2 Å². The average molecular weight is 272 g/mol. The molecule has 0 radical (unpaired) electrons. The molecule has 19 heavy (non-hydrogen) atoms. The molecule has 0 aliphatic rings. The SMILES string of the molecule is CCNc1cc(C(F)(F)F)nc2c(F)ccc(C)c12. The number of aromatic nitrogens is 1. The van der Waals surface area contributed by atoms with Gasteiger partial charge in [0.1, 0.15) is 17.0 Å². The number of halogens is 4. The van der Waals surface area contributed by atoms with Crippen LogP contribution in [-0.4, -0.2) is 11.5 Å². The number of fused-ring (bicyclic) bond motifs is 1. The Hall–Kier alpha value is -1.85. The molecule has 0 atom stereocenters. The lowest BCUT2D eigenvalue weighted by atomic mass is 10.1. The number of hydrogen-bond acceptors (Lipinski definition) is 2. The Kier molecular flexibility index (Phi) is 3.34. The van der Waals surface area contributed by atoms with Crippen molar-refractivity contribution >= 4 is 16.6 Å². The summed E-state index contributed by atoms with van der Waals surface area (Å²) in [6.45, 7) is 3.90. The molecule has 6 heteroatoms. The van der Waals surface area contributed by atoms with Gasteiger partial charge in [-0.05, 0) is 31.5 Å². The highest BCUT2D eigenvalue weighted by atomic mass is 19.4. The smallest absolute Gasteiger partial charge is 0.385 e. The molecule has 1 aromatic carbocycles. The molecule has 0 saturated carbocycles. The van der Waals surface area contributed by atoms with Gasteiger partial charge in [0, 0.05) is 17.6 Å². The second-order valence-corrected chi connectivity index (χ2v) is 4.17. The molecule has 0 amide bonds. The van der Waals surface area contributed by atoms with Gasteiger partial charge >= 0.3 is 6.18 Å². The molecule has 0 spiro atoms. The monoisotopic (exact) mass is 272 g/mol. The molecule has 1 N–H and O–H groups in total. The van der Waals surface area contributed by atoms with Gasteiger partial charge in [-0.3, -0.25) is 0 Å². The summed E-state index contributed by atoms with van der Waals surface area (Å²) in [5.41, 5.74) is -0.434. The molecule has 1 aromatic heterocycles. The molecule has 0 bridgehead atoms. The van der Waals surface area contributed by atoms with Gasteiger partial charge in [-0.1, -0.05) is 6.07 Å². The van der Waals surface area contributed by atoms with Crippen LogP contribution in [0.15, 0.2) is 18.2 Å². The molecule has 1 heterocycles. The van der Waals surface area contributed by atoms with Crippen molar-refractivity contribution in [1.29, 1.82) is 0 Å². The maximum absolute atomic E-state index is 13.7. The van der Waals surface area contributed by atoms with E-state index in [1.54, 1.807) is 13.8 Å². The predicted octanol–water partition coefficient (Wildman–Crippen LogP) is 4.13. The van der Waals surface area contributed by atoms with E-state index >= 15 is 0 Å². The van der Waals surface area contributed by atoms with Gasteiger partial charge < -0.3 is 5.32 Å².